The molecule has 1 aromatic heterocycles. The van der Waals surface area contributed by atoms with Crippen LogP contribution in [0.25, 0.3) is 0 Å². The minimum Gasteiger partial charge on any atom is -0.469 e. The van der Waals surface area contributed by atoms with E-state index < -0.39 is 17.8 Å². The Morgan fingerprint density at radius 1 is 1.00 bits per heavy atom. The van der Waals surface area contributed by atoms with Gasteiger partial charge in [0.2, 0.25) is 5.76 Å². The molecule has 7 nitrogen and oxygen atoms in total. The third kappa shape index (κ3) is 4.76. The zero-order chi connectivity index (χ0) is 28.6. The first-order valence-electron chi connectivity index (χ1n) is 13.5. The molecule has 2 aliphatic heterocycles. The van der Waals surface area contributed by atoms with Crippen LogP contribution in [0.4, 0.5) is 0 Å². The summed E-state index contributed by atoms with van der Waals surface area (Å²) in [4.78, 5) is 25.1. The minimum absolute atomic E-state index is 0.0686. The summed E-state index contributed by atoms with van der Waals surface area (Å²) in [7, 11) is 0. The molecule has 3 heterocycles. The highest BCUT2D eigenvalue weighted by Crippen LogP contribution is 2.48. The van der Waals surface area contributed by atoms with Crippen molar-refractivity contribution >= 4 is 17.9 Å². The quantitative estimate of drug-likeness (QED) is 0.223. The number of fused-ring (bicyclic) bond motifs is 1. The molecule has 0 amide bonds. The largest absolute Gasteiger partial charge is 0.506 e. The summed E-state index contributed by atoms with van der Waals surface area (Å²) in [6, 6.07) is 11.2. The van der Waals surface area contributed by atoms with Crippen molar-refractivity contribution in [2.45, 2.75) is 46.5 Å². The number of hydrogen-bond donors (Lipinski definition) is 0. The highest BCUT2D eigenvalue weighted by atomic mass is 16.6. The number of carbonyl (C=O) groups excluding carboxylic acids is 3. The molecule has 0 saturated carbocycles. The number of furan rings is 1. The Bertz CT molecular complexity index is 1510. The highest BCUT2D eigenvalue weighted by Gasteiger charge is 2.56. The molecule has 1 aliphatic carbocycles. The lowest BCUT2D eigenvalue weighted by Crippen LogP contribution is -2.33. The van der Waals surface area contributed by atoms with Crippen molar-refractivity contribution in [1.29, 1.82) is 0 Å². The van der Waals surface area contributed by atoms with Crippen LogP contribution < -0.4 is 0 Å². The van der Waals surface area contributed by atoms with Gasteiger partial charge in [-0.3, -0.25) is 9.16 Å². The van der Waals surface area contributed by atoms with Gasteiger partial charge in [-0.15, -0.1) is 0 Å². The van der Waals surface area contributed by atoms with Gasteiger partial charge in [-0.05, 0) is 63.1 Å². The second-order valence-electron chi connectivity index (χ2n) is 10.0. The van der Waals surface area contributed by atoms with Crippen molar-refractivity contribution in [3.63, 3.8) is 0 Å². The topological polar surface area (TPSA) is 86.3 Å². The SMILES string of the molecule is C=C1/C(=C/C2=C(C)C(c3ccc(C(=O)OCC)cc3)C(C)=C2)[O+]=C2OC(C)=C(C(=O)OCC)C(c3ccco3)C12. The van der Waals surface area contributed by atoms with Gasteiger partial charge in [0.25, 0.3) is 5.76 Å². The molecule has 0 N–H and O–H groups in total. The minimum atomic E-state index is -0.488. The van der Waals surface area contributed by atoms with Crippen LogP contribution in [-0.2, 0) is 23.4 Å². The van der Waals surface area contributed by atoms with E-state index >= 15 is 0 Å². The molecule has 2 aromatic rings. The average Bonchev–Trinajstić information content (AvgIpc) is 3.63. The van der Waals surface area contributed by atoms with Crippen LogP contribution in [0.1, 0.15) is 68.1 Å². The van der Waals surface area contributed by atoms with Gasteiger partial charge in [-0.25, -0.2) is 9.59 Å². The van der Waals surface area contributed by atoms with Crippen LogP contribution in [0, 0.1) is 5.92 Å². The van der Waals surface area contributed by atoms with Crippen LogP contribution in [0.3, 0.4) is 0 Å². The predicted octanol–water partition coefficient (Wildman–Crippen LogP) is 6.60. The number of rotatable bonds is 7. The summed E-state index contributed by atoms with van der Waals surface area (Å²) in [6.45, 7) is 14.4. The first-order valence-corrected chi connectivity index (χ1v) is 13.5. The molecule has 40 heavy (non-hydrogen) atoms. The van der Waals surface area contributed by atoms with Gasteiger partial charge < -0.3 is 13.9 Å². The summed E-state index contributed by atoms with van der Waals surface area (Å²) in [5.74, 6) is 0.326. The Kier molecular flexibility index (Phi) is 7.48. The van der Waals surface area contributed by atoms with Crippen molar-refractivity contribution in [1.82, 2.24) is 0 Å². The third-order valence-corrected chi connectivity index (χ3v) is 7.55. The zero-order valence-electron chi connectivity index (χ0n) is 23.4. The van der Waals surface area contributed by atoms with Crippen molar-refractivity contribution < 1.29 is 32.6 Å². The number of esters is 3. The molecule has 0 bridgehead atoms. The Morgan fingerprint density at radius 3 is 2.35 bits per heavy atom. The lowest BCUT2D eigenvalue weighted by Gasteiger charge is -2.24. The molecule has 7 heteroatoms. The summed E-state index contributed by atoms with van der Waals surface area (Å²) in [5, 5.41) is 0. The molecule has 3 unspecified atom stereocenters. The Morgan fingerprint density at radius 2 is 1.70 bits per heavy atom. The fraction of sp³-hybridized carbons (Fsp3) is 0.303. The molecule has 0 radical (unpaired) electrons. The van der Waals surface area contributed by atoms with Crippen LogP contribution in [0.2, 0.25) is 0 Å². The van der Waals surface area contributed by atoms with E-state index in [2.05, 4.69) is 26.5 Å². The van der Waals surface area contributed by atoms with E-state index in [4.69, 9.17) is 23.1 Å². The summed E-state index contributed by atoms with van der Waals surface area (Å²) >= 11 is 0. The summed E-state index contributed by atoms with van der Waals surface area (Å²) in [5.41, 5.74) is 6.04. The van der Waals surface area contributed by atoms with E-state index in [1.165, 1.54) is 5.57 Å². The van der Waals surface area contributed by atoms with Crippen molar-refractivity contribution in [2.24, 2.45) is 5.92 Å². The first-order chi connectivity index (χ1) is 19.2. The summed E-state index contributed by atoms with van der Waals surface area (Å²) < 4.78 is 28.5. The van der Waals surface area contributed by atoms with Crippen molar-refractivity contribution in [3.05, 3.63) is 118 Å². The second-order valence-corrected chi connectivity index (χ2v) is 10.0. The van der Waals surface area contributed by atoms with Gasteiger partial charge in [0, 0.05) is 24.5 Å². The Labute approximate surface area is 233 Å². The summed E-state index contributed by atoms with van der Waals surface area (Å²) in [6.07, 6.45) is 5.69. The van der Waals surface area contributed by atoms with Gasteiger partial charge in [-0.2, -0.15) is 0 Å². The molecule has 0 fully saturated rings. The number of hydrogen-bond acceptors (Lipinski definition) is 6. The molecule has 3 atom stereocenters. The Hall–Kier alpha value is -4.39. The highest BCUT2D eigenvalue weighted by molar-refractivity contribution is 5.96. The fourth-order valence-corrected chi connectivity index (χ4v) is 5.71. The monoisotopic (exact) mass is 541 g/mol. The van der Waals surface area contributed by atoms with E-state index in [-0.39, 0.29) is 18.5 Å². The predicted molar refractivity (Wildman–Crippen MR) is 149 cm³/mol. The maximum absolute atomic E-state index is 13.0. The smallest absolute Gasteiger partial charge is 0.469 e. The van der Waals surface area contributed by atoms with Crippen LogP contribution in [0.15, 0.2) is 105 Å². The van der Waals surface area contributed by atoms with Crippen molar-refractivity contribution in [3.8, 4) is 0 Å². The Balaban J connectivity index is 1.47. The molecule has 0 spiro atoms. The van der Waals surface area contributed by atoms with Crippen LogP contribution in [-0.4, -0.2) is 31.1 Å². The standard InChI is InChI=1S/C33H33O7/c1-7-36-31(34)23-13-11-22(12-14-23)27-18(3)16-24(19(27)4)17-26-20(5)28-30(25-10-9-15-38-25)29(32(35)37-8-2)21(6)39-33(28)40-26/h9-17,27-28,30H,5,7-8H2,1-4,6H3/q+1/b26-17-. The van der Waals surface area contributed by atoms with E-state index in [9.17, 15) is 9.59 Å². The molecule has 0 saturated heterocycles. The molecule has 1 aromatic carbocycles. The van der Waals surface area contributed by atoms with E-state index in [0.29, 0.717) is 46.6 Å². The average molecular weight is 542 g/mol. The van der Waals surface area contributed by atoms with Gasteiger partial charge in [-0.1, -0.05) is 35.9 Å². The lowest BCUT2D eigenvalue weighted by molar-refractivity contribution is -0.398. The van der Waals surface area contributed by atoms with Crippen LogP contribution in [0.5, 0.6) is 0 Å². The third-order valence-electron chi connectivity index (χ3n) is 7.55. The maximum Gasteiger partial charge on any atom is 0.506 e. The molecular weight excluding hydrogens is 508 g/mol. The van der Waals surface area contributed by atoms with Gasteiger partial charge >= 0.3 is 17.9 Å². The zero-order valence-corrected chi connectivity index (χ0v) is 23.4. The van der Waals surface area contributed by atoms with E-state index in [1.807, 2.05) is 24.3 Å². The molecule has 5 rings (SSSR count). The second kappa shape index (κ2) is 11.0. The molecule has 206 valence electrons. The van der Waals surface area contributed by atoms with Crippen molar-refractivity contribution in [2.75, 3.05) is 13.2 Å². The number of benzene rings is 1. The normalized spacial score (nSPS) is 23.2. The lowest BCUT2D eigenvalue weighted by atomic mass is 9.78. The molecular formula is C33H33O7+. The number of carbonyl (C=O) groups is 2. The van der Waals surface area contributed by atoms with E-state index in [0.717, 1.165) is 16.7 Å². The molecule has 3 aliphatic rings. The fourth-order valence-electron chi connectivity index (χ4n) is 5.71. The van der Waals surface area contributed by atoms with Crippen LogP contribution >= 0.6 is 0 Å². The first kappa shape index (κ1) is 27.2. The number of ether oxygens (including phenoxy) is 3. The van der Waals surface area contributed by atoms with Gasteiger partial charge in [0.05, 0.1) is 31.0 Å². The number of allylic oxidation sites excluding steroid dienone is 7. The maximum atomic E-state index is 13.0. The van der Waals surface area contributed by atoms with E-state index in [1.54, 1.807) is 45.2 Å². The van der Waals surface area contributed by atoms with Gasteiger partial charge in [0.15, 0.2) is 5.92 Å². The van der Waals surface area contributed by atoms with Gasteiger partial charge in [0.1, 0.15) is 11.3 Å².